The molecule has 0 radical (unpaired) electrons. The molecule has 1 rings (SSSR count). The number of hydrogen-bond acceptors (Lipinski definition) is 6. The number of nitrogens with one attached hydrogen (secondary N) is 1. The summed E-state index contributed by atoms with van der Waals surface area (Å²) in [5.41, 5.74) is 0.703. The highest BCUT2D eigenvalue weighted by atomic mass is 35.6. The Labute approximate surface area is 160 Å². The van der Waals surface area contributed by atoms with Crippen molar-refractivity contribution in [1.82, 2.24) is 5.32 Å². The lowest BCUT2D eigenvalue weighted by molar-refractivity contribution is -0.142. The molecule has 25 heavy (non-hydrogen) atoms. The highest BCUT2D eigenvalue weighted by molar-refractivity contribution is 6.67. The Morgan fingerprint density at radius 2 is 1.76 bits per heavy atom. The smallest absolute Gasteiger partial charge is 0.408 e. The minimum Gasteiger partial charge on any atom is -0.493 e. The molecule has 0 saturated heterocycles. The first kappa shape index (κ1) is 21.5. The van der Waals surface area contributed by atoms with Crippen LogP contribution in [0.2, 0.25) is 0 Å². The molecule has 7 nitrogen and oxygen atoms in total. The van der Waals surface area contributed by atoms with Crippen molar-refractivity contribution in [3.8, 4) is 11.5 Å². The fourth-order valence-corrected chi connectivity index (χ4v) is 2.07. The van der Waals surface area contributed by atoms with E-state index in [1.165, 1.54) is 21.3 Å². The Kier molecular flexibility index (Phi) is 8.41. The maximum absolute atomic E-state index is 11.9. The minimum absolute atomic E-state index is 0.135. The summed E-state index contributed by atoms with van der Waals surface area (Å²) in [7, 11) is 4.21. The van der Waals surface area contributed by atoms with Crippen LogP contribution in [-0.2, 0) is 20.7 Å². The average Bonchev–Trinajstić information content (AvgIpc) is 2.57. The molecule has 0 aliphatic carbocycles. The molecule has 1 unspecified atom stereocenters. The maximum atomic E-state index is 11.9. The van der Waals surface area contributed by atoms with Gasteiger partial charge in [-0.25, -0.2) is 9.59 Å². The Morgan fingerprint density at radius 1 is 1.12 bits per heavy atom. The molecule has 0 fully saturated rings. The summed E-state index contributed by atoms with van der Waals surface area (Å²) in [6, 6.07) is 4.10. The Balaban J connectivity index is 2.83. The zero-order valence-electron chi connectivity index (χ0n) is 13.8. The standard InChI is InChI=1S/C15H18Cl3NO6/c1-22-11-5-4-9(7-12(11)23-2)6-10(13(20)24-3)19-14(21)25-8-15(16,17)18/h4-5,7,10H,6,8H2,1-3H3,(H,19,21). The number of benzene rings is 1. The van der Waals surface area contributed by atoms with Crippen LogP contribution >= 0.6 is 34.8 Å². The van der Waals surface area contributed by atoms with Gasteiger partial charge in [0, 0.05) is 6.42 Å². The number of esters is 1. The minimum atomic E-state index is -1.75. The predicted octanol–water partition coefficient (Wildman–Crippen LogP) is 2.88. The monoisotopic (exact) mass is 413 g/mol. The van der Waals surface area contributed by atoms with E-state index in [0.717, 1.165) is 0 Å². The van der Waals surface area contributed by atoms with Gasteiger partial charge in [0.25, 0.3) is 0 Å². The summed E-state index contributed by atoms with van der Waals surface area (Å²) >= 11 is 16.5. The van der Waals surface area contributed by atoms with E-state index in [-0.39, 0.29) is 6.42 Å². The van der Waals surface area contributed by atoms with Crippen LogP contribution in [0.1, 0.15) is 5.56 Å². The first-order chi connectivity index (χ1) is 11.7. The number of hydrogen-bond donors (Lipinski definition) is 1. The zero-order valence-corrected chi connectivity index (χ0v) is 16.1. The third-order valence-corrected chi connectivity index (χ3v) is 3.36. The lowest BCUT2D eigenvalue weighted by Gasteiger charge is -2.18. The Hall–Kier alpha value is -1.57. The lowest BCUT2D eigenvalue weighted by atomic mass is 10.1. The van der Waals surface area contributed by atoms with Crippen LogP contribution in [0, 0.1) is 0 Å². The van der Waals surface area contributed by atoms with Gasteiger partial charge in [-0.3, -0.25) is 0 Å². The molecule has 1 aromatic carbocycles. The molecule has 0 aliphatic heterocycles. The maximum Gasteiger partial charge on any atom is 0.408 e. The van der Waals surface area contributed by atoms with E-state index < -0.39 is 28.5 Å². The van der Waals surface area contributed by atoms with Crippen LogP contribution in [0.25, 0.3) is 0 Å². The number of carbonyl (C=O) groups is 2. The fourth-order valence-electron chi connectivity index (χ4n) is 1.91. The molecule has 1 N–H and O–H groups in total. The van der Waals surface area contributed by atoms with Gasteiger partial charge in [-0.05, 0) is 17.7 Å². The largest absolute Gasteiger partial charge is 0.493 e. The SMILES string of the molecule is COC(=O)C(Cc1ccc(OC)c(OC)c1)NC(=O)OCC(Cl)(Cl)Cl. The third-order valence-electron chi connectivity index (χ3n) is 3.03. The first-order valence-corrected chi connectivity index (χ1v) is 8.12. The van der Waals surface area contributed by atoms with Crippen LogP contribution in [0.15, 0.2) is 18.2 Å². The second-order valence-corrected chi connectivity index (χ2v) is 7.32. The van der Waals surface area contributed by atoms with Crippen molar-refractivity contribution >= 4 is 46.9 Å². The second-order valence-electron chi connectivity index (χ2n) is 4.80. The van der Waals surface area contributed by atoms with E-state index in [0.29, 0.717) is 17.1 Å². The van der Waals surface area contributed by atoms with Gasteiger partial charge in [0.15, 0.2) is 11.5 Å². The molecule has 0 aliphatic rings. The normalized spacial score (nSPS) is 12.1. The van der Waals surface area contributed by atoms with Gasteiger partial charge in [0.2, 0.25) is 3.79 Å². The lowest BCUT2D eigenvalue weighted by Crippen LogP contribution is -2.43. The average molecular weight is 415 g/mol. The van der Waals surface area contributed by atoms with Crippen LogP contribution in [0.5, 0.6) is 11.5 Å². The summed E-state index contributed by atoms with van der Waals surface area (Å²) in [6.45, 7) is -0.465. The molecule has 0 heterocycles. The topological polar surface area (TPSA) is 83.1 Å². The molecule has 1 aromatic rings. The van der Waals surface area contributed by atoms with Crippen LogP contribution in [0.3, 0.4) is 0 Å². The second kappa shape index (κ2) is 9.79. The zero-order chi connectivity index (χ0) is 19.0. The number of alkyl halides is 3. The molecular weight excluding hydrogens is 397 g/mol. The van der Waals surface area contributed by atoms with Gasteiger partial charge in [-0.2, -0.15) is 0 Å². The van der Waals surface area contributed by atoms with E-state index in [4.69, 9.17) is 49.0 Å². The number of methoxy groups -OCH3 is 3. The molecule has 1 atom stereocenters. The van der Waals surface area contributed by atoms with Gasteiger partial charge in [-0.15, -0.1) is 0 Å². The van der Waals surface area contributed by atoms with Crippen LogP contribution < -0.4 is 14.8 Å². The van der Waals surface area contributed by atoms with E-state index in [1.807, 2.05) is 0 Å². The van der Waals surface area contributed by atoms with Crippen molar-refractivity contribution in [1.29, 1.82) is 0 Å². The molecule has 10 heteroatoms. The van der Waals surface area contributed by atoms with Crippen molar-refractivity contribution in [2.45, 2.75) is 16.3 Å². The summed E-state index contributed by atoms with van der Waals surface area (Å²) < 4.78 is 18.0. The predicted molar refractivity (Wildman–Crippen MR) is 93.8 cm³/mol. The molecule has 140 valence electrons. The third kappa shape index (κ3) is 7.46. The van der Waals surface area contributed by atoms with Gasteiger partial charge >= 0.3 is 12.1 Å². The van der Waals surface area contributed by atoms with Gasteiger partial charge in [0.1, 0.15) is 12.6 Å². The number of alkyl carbamates (subject to hydrolysis) is 1. The number of carbonyl (C=O) groups excluding carboxylic acids is 2. The number of ether oxygens (including phenoxy) is 4. The summed E-state index contributed by atoms with van der Waals surface area (Å²) in [5.74, 6) is 0.374. The first-order valence-electron chi connectivity index (χ1n) is 6.99. The number of amides is 1. The molecule has 0 aromatic heterocycles. The number of halogens is 3. The van der Waals surface area contributed by atoms with Crippen LogP contribution in [0.4, 0.5) is 4.79 Å². The van der Waals surface area contributed by atoms with Crippen LogP contribution in [-0.4, -0.2) is 49.8 Å². The van der Waals surface area contributed by atoms with Gasteiger partial charge < -0.3 is 24.3 Å². The molecule has 0 spiro atoms. The highest BCUT2D eigenvalue weighted by Crippen LogP contribution is 2.28. The summed E-state index contributed by atoms with van der Waals surface area (Å²) in [5, 5.41) is 2.37. The van der Waals surface area contributed by atoms with E-state index >= 15 is 0 Å². The molecule has 1 amide bonds. The Morgan fingerprint density at radius 3 is 2.28 bits per heavy atom. The van der Waals surface area contributed by atoms with Gasteiger partial charge in [-0.1, -0.05) is 40.9 Å². The van der Waals surface area contributed by atoms with E-state index in [9.17, 15) is 9.59 Å². The van der Waals surface area contributed by atoms with E-state index in [2.05, 4.69) is 10.1 Å². The highest BCUT2D eigenvalue weighted by Gasteiger charge is 2.26. The van der Waals surface area contributed by atoms with E-state index in [1.54, 1.807) is 18.2 Å². The molecule has 0 saturated carbocycles. The van der Waals surface area contributed by atoms with Crippen molar-refractivity contribution in [2.24, 2.45) is 0 Å². The summed E-state index contributed by atoms with van der Waals surface area (Å²) in [6.07, 6.45) is -0.780. The van der Waals surface area contributed by atoms with Gasteiger partial charge in [0.05, 0.1) is 21.3 Å². The quantitative estimate of drug-likeness (QED) is 0.546. The number of rotatable bonds is 7. The molecule has 0 bridgehead atoms. The Bertz CT molecular complexity index is 605. The van der Waals surface area contributed by atoms with Crippen molar-refractivity contribution in [2.75, 3.05) is 27.9 Å². The molecular formula is C15H18Cl3NO6. The summed E-state index contributed by atoms with van der Waals surface area (Å²) in [4.78, 5) is 23.7. The fraction of sp³-hybridized carbons (Fsp3) is 0.467. The van der Waals surface area contributed by atoms with Crippen molar-refractivity contribution in [3.05, 3.63) is 23.8 Å². The van der Waals surface area contributed by atoms with Crippen molar-refractivity contribution in [3.63, 3.8) is 0 Å². The van der Waals surface area contributed by atoms with Crippen molar-refractivity contribution < 1.29 is 28.5 Å².